The Morgan fingerprint density at radius 3 is 2.68 bits per heavy atom. The minimum Gasteiger partial charge on any atom is -0.493 e. The number of methoxy groups -OCH3 is 2. The number of nitriles is 1. The molecule has 1 saturated heterocycles. The van der Waals surface area contributed by atoms with E-state index in [1.807, 2.05) is 18.2 Å². The highest BCUT2D eigenvalue weighted by Crippen LogP contribution is 2.37. The van der Waals surface area contributed by atoms with Crippen molar-refractivity contribution in [3.05, 3.63) is 58.9 Å². The summed E-state index contributed by atoms with van der Waals surface area (Å²) in [4.78, 5) is 2.25. The van der Waals surface area contributed by atoms with Crippen LogP contribution in [0.5, 0.6) is 11.5 Å². The number of ether oxygens (including phenoxy) is 2. The van der Waals surface area contributed by atoms with Crippen LogP contribution >= 0.6 is 0 Å². The normalized spacial score (nSPS) is 17.3. The van der Waals surface area contributed by atoms with Crippen LogP contribution in [-0.4, -0.2) is 25.7 Å². The standard InChI is InChI=1S/C20H21FN2O2/c1-24-19-8-6-15(11-20(19)25-2)18-4-3-9-23(18)13-16-10-14(12-22)5-7-17(16)21/h5-8,10-11,18H,3-4,9,13H2,1-2H3. The Hall–Kier alpha value is -2.58. The lowest BCUT2D eigenvalue weighted by Gasteiger charge is -2.25. The van der Waals surface area contributed by atoms with Gasteiger partial charge in [-0.2, -0.15) is 5.26 Å². The summed E-state index contributed by atoms with van der Waals surface area (Å²) in [6, 6.07) is 12.7. The molecule has 1 aliphatic heterocycles. The molecule has 25 heavy (non-hydrogen) atoms. The summed E-state index contributed by atoms with van der Waals surface area (Å²) in [5.41, 5.74) is 2.18. The highest BCUT2D eigenvalue weighted by Gasteiger charge is 2.27. The molecule has 0 bridgehead atoms. The van der Waals surface area contributed by atoms with E-state index in [1.165, 1.54) is 12.1 Å². The van der Waals surface area contributed by atoms with E-state index in [2.05, 4.69) is 11.0 Å². The first-order valence-electron chi connectivity index (χ1n) is 8.30. The van der Waals surface area contributed by atoms with Gasteiger partial charge in [0.2, 0.25) is 0 Å². The van der Waals surface area contributed by atoms with Gasteiger partial charge < -0.3 is 9.47 Å². The Morgan fingerprint density at radius 2 is 1.96 bits per heavy atom. The van der Waals surface area contributed by atoms with Crippen molar-refractivity contribution in [1.29, 1.82) is 5.26 Å². The summed E-state index contributed by atoms with van der Waals surface area (Å²) in [5.74, 6) is 1.13. The molecule has 0 saturated carbocycles. The van der Waals surface area contributed by atoms with Crippen LogP contribution < -0.4 is 9.47 Å². The average Bonchev–Trinajstić information content (AvgIpc) is 3.11. The second kappa shape index (κ2) is 7.54. The molecule has 1 unspecified atom stereocenters. The van der Waals surface area contributed by atoms with Gasteiger partial charge >= 0.3 is 0 Å². The Kier molecular flexibility index (Phi) is 5.20. The van der Waals surface area contributed by atoms with Crippen LogP contribution in [0.25, 0.3) is 0 Å². The molecule has 1 aliphatic rings. The minimum absolute atomic E-state index is 0.199. The van der Waals surface area contributed by atoms with Gasteiger partial charge in [-0.25, -0.2) is 4.39 Å². The van der Waals surface area contributed by atoms with Gasteiger partial charge in [0.1, 0.15) is 5.82 Å². The molecular weight excluding hydrogens is 319 g/mol. The number of likely N-dealkylation sites (tertiary alicyclic amines) is 1. The van der Waals surface area contributed by atoms with Gasteiger partial charge in [0.15, 0.2) is 11.5 Å². The first kappa shape index (κ1) is 17.2. The zero-order valence-corrected chi connectivity index (χ0v) is 14.5. The third-order valence-electron chi connectivity index (χ3n) is 4.70. The minimum atomic E-state index is -0.267. The molecule has 1 fully saturated rings. The van der Waals surface area contributed by atoms with E-state index in [-0.39, 0.29) is 11.9 Å². The summed E-state index contributed by atoms with van der Waals surface area (Å²) in [7, 11) is 3.24. The van der Waals surface area contributed by atoms with Crippen LogP contribution in [0.3, 0.4) is 0 Å². The van der Waals surface area contributed by atoms with Gasteiger partial charge in [0.05, 0.1) is 25.9 Å². The monoisotopic (exact) mass is 340 g/mol. The van der Waals surface area contributed by atoms with Gasteiger partial charge in [0.25, 0.3) is 0 Å². The van der Waals surface area contributed by atoms with Gasteiger partial charge in [-0.15, -0.1) is 0 Å². The zero-order valence-electron chi connectivity index (χ0n) is 14.5. The molecule has 1 atom stereocenters. The predicted molar refractivity (Wildman–Crippen MR) is 93.0 cm³/mol. The summed E-state index contributed by atoms with van der Waals surface area (Å²) in [5, 5.41) is 9.04. The fraction of sp³-hybridized carbons (Fsp3) is 0.350. The SMILES string of the molecule is COc1ccc(C2CCCN2Cc2cc(C#N)ccc2F)cc1OC. The summed E-state index contributed by atoms with van der Waals surface area (Å²) >= 11 is 0. The van der Waals surface area contributed by atoms with Crippen LogP contribution in [0.15, 0.2) is 36.4 Å². The molecule has 0 aliphatic carbocycles. The number of hydrogen-bond donors (Lipinski definition) is 0. The quantitative estimate of drug-likeness (QED) is 0.824. The molecule has 130 valence electrons. The number of halogens is 1. The fourth-order valence-corrected chi connectivity index (χ4v) is 3.44. The molecule has 5 heteroatoms. The first-order chi connectivity index (χ1) is 12.2. The molecule has 0 radical (unpaired) electrons. The molecule has 2 aromatic rings. The van der Waals surface area contributed by atoms with Crippen LogP contribution in [0.4, 0.5) is 4.39 Å². The molecule has 0 aromatic heterocycles. The molecule has 1 heterocycles. The molecule has 0 N–H and O–H groups in total. The lowest BCUT2D eigenvalue weighted by atomic mass is 10.0. The lowest BCUT2D eigenvalue weighted by Crippen LogP contribution is -2.23. The summed E-state index contributed by atoms with van der Waals surface area (Å²) in [6.07, 6.45) is 2.06. The second-order valence-electron chi connectivity index (χ2n) is 6.16. The molecule has 3 rings (SSSR count). The molecular formula is C20H21FN2O2. The van der Waals surface area contributed by atoms with Crippen molar-refractivity contribution in [2.75, 3.05) is 20.8 Å². The maximum absolute atomic E-state index is 14.1. The maximum Gasteiger partial charge on any atom is 0.161 e. The van der Waals surface area contributed by atoms with E-state index in [9.17, 15) is 4.39 Å². The summed E-state index contributed by atoms with van der Waals surface area (Å²) in [6.45, 7) is 1.38. The Bertz CT molecular complexity index is 801. The van der Waals surface area contributed by atoms with Crippen LogP contribution in [0.2, 0.25) is 0 Å². The van der Waals surface area contributed by atoms with Crippen LogP contribution in [0, 0.1) is 17.1 Å². The van der Waals surface area contributed by atoms with Gasteiger partial charge in [-0.1, -0.05) is 6.07 Å². The van der Waals surface area contributed by atoms with Crippen LogP contribution in [-0.2, 0) is 6.54 Å². The smallest absolute Gasteiger partial charge is 0.161 e. The van der Waals surface area contributed by atoms with Gasteiger partial charge in [-0.05, 0) is 55.3 Å². The highest BCUT2D eigenvalue weighted by molar-refractivity contribution is 5.44. The highest BCUT2D eigenvalue weighted by atomic mass is 19.1. The fourth-order valence-electron chi connectivity index (χ4n) is 3.44. The summed E-state index contributed by atoms with van der Waals surface area (Å²) < 4.78 is 24.8. The second-order valence-corrected chi connectivity index (χ2v) is 6.16. The number of nitrogens with zero attached hydrogens (tertiary/aromatic N) is 2. The largest absolute Gasteiger partial charge is 0.493 e. The number of rotatable bonds is 5. The maximum atomic E-state index is 14.1. The van der Waals surface area contributed by atoms with E-state index in [4.69, 9.17) is 14.7 Å². The average molecular weight is 340 g/mol. The van der Waals surface area contributed by atoms with Crippen molar-refractivity contribution in [3.63, 3.8) is 0 Å². The van der Waals surface area contributed by atoms with E-state index in [1.54, 1.807) is 20.3 Å². The lowest BCUT2D eigenvalue weighted by molar-refractivity contribution is 0.244. The molecule has 2 aromatic carbocycles. The topological polar surface area (TPSA) is 45.5 Å². The van der Waals surface area contributed by atoms with E-state index >= 15 is 0 Å². The first-order valence-corrected chi connectivity index (χ1v) is 8.30. The Morgan fingerprint density at radius 1 is 1.16 bits per heavy atom. The van der Waals surface area contributed by atoms with Crippen molar-refractivity contribution in [2.24, 2.45) is 0 Å². The van der Waals surface area contributed by atoms with Crippen molar-refractivity contribution in [2.45, 2.75) is 25.4 Å². The van der Waals surface area contributed by atoms with Gasteiger partial charge in [-0.3, -0.25) is 4.90 Å². The molecule has 4 nitrogen and oxygen atoms in total. The van der Waals surface area contributed by atoms with E-state index in [0.29, 0.717) is 29.2 Å². The van der Waals surface area contributed by atoms with Crippen molar-refractivity contribution in [1.82, 2.24) is 4.90 Å². The molecule has 0 spiro atoms. The van der Waals surface area contributed by atoms with Crippen molar-refractivity contribution >= 4 is 0 Å². The number of benzene rings is 2. The van der Waals surface area contributed by atoms with Gasteiger partial charge in [0, 0.05) is 18.2 Å². The van der Waals surface area contributed by atoms with Crippen molar-refractivity contribution < 1.29 is 13.9 Å². The third-order valence-corrected chi connectivity index (χ3v) is 4.70. The van der Waals surface area contributed by atoms with E-state index in [0.717, 1.165) is 24.9 Å². The Labute approximate surface area is 147 Å². The molecule has 0 amide bonds. The zero-order chi connectivity index (χ0) is 17.8. The Balaban J connectivity index is 1.85. The van der Waals surface area contributed by atoms with Crippen LogP contribution in [0.1, 0.15) is 35.6 Å². The van der Waals surface area contributed by atoms with E-state index < -0.39 is 0 Å². The third kappa shape index (κ3) is 3.59. The number of hydrogen-bond acceptors (Lipinski definition) is 4. The van der Waals surface area contributed by atoms with Crippen molar-refractivity contribution in [3.8, 4) is 17.6 Å². The predicted octanol–water partition coefficient (Wildman–Crippen LogP) is 4.05.